The topological polar surface area (TPSA) is 29.5 Å². The zero-order valence-electron chi connectivity index (χ0n) is 9.79. The summed E-state index contributed by atoms with van der Waals surface area (Å²) in [5.74, 6) is -0.172. The summed E-state index contributed by atoms with van der Waals surface area (Å²) in [5.41, 5.74) is 1.26. The number of carbonyl (C=O) groups excluding carboxylic acids is 1. The molecule has 3 heteroatoms. The van der Waals surface area contributed by atoms with Crippen LogP contribution in [0.4, 0.5) is 0 Å². The third-order valence-electron chi connectivity index (χ3n) is 2.60. The summed E-state index contributed by atoms with van der Waals surface area (Å²) >= 11 is 0. The van der Waals surface area contributed by atoms with Crippen LogP contribution < -0.4 is 0 Å². The molecule has 0 spiro atoms. The first-order chi connectivity index (χ1) is 7.18. The average Bonchev–Trinajstić information content (AvgIpc) is 2.18. The molecule has 1 aliphatic carbocycles. The van der Waals surface area contributed by atoms with Crippen molar-refractivity contribution in [3.63, 3.8) is 0 Å². The zero-order chi connectivity index (χ0) is 11.1. The number of nitrogens with zero attached hydrogens (tertiary/aromatic N) is 1. The van der Waals surface area contributed by atoms with E-state index < -0.39 is 0 Å². The van der Waals surface area contributed by atoms with Gasteiger partial charge in [-0.1, -0.05) is 12.0 Å². The van der Waals surface area contributed by atoms with E-state index in [0.717, 1.165) is 19.4 Å². The molecule has 1 fully saturated rings. The van der Waals surface area contributed by atoms with E-state index in [1.807, 2.05) is 19.0 Å². The van der Waals surface area contributed by atoms with Crippen molar-refractivity contribution in [3.8, 4) is 0 Å². The van der Waals surface area contributed by atoms with Gasteiger partial charge >= 0.3 is 5.97 Å². The van der Waals surface area contributed by atoms with Crippen LogP contribution in [-0.2, 0) is 9.53 Å². The second kappa shape index (κ2) is 6.62. The van der Waals surface area contributed by atoms with E-state index in [1.54, 1.807) is 6.08 Å². The van der Waals surface area contributed by atoms with Gasteiger partial charge in [0.1, 0.15) is 6.61 Å². The largest absolute Gasteiger partial charge is 0.461 e. The Morgan fingerprint density at radius 3 is 2.60 bits per heavy atom. The summed E-state index contributed by atoms with van der Waals surface area (Å²) in [6, 6.07) is 0. The van der Waals surface area contributed by atoms with Crippen molar-refractivity contribution in [3.05, 3.63) is 11.6 Å². The SMILES string of the molecule is CN(C)CCOC(=O)C=C1CCCCC1. The van der Waals surface area contributed by atoms with Gasteiger partial charge in [0.25, 0.3) is 0 Å². The van der Waals surface area contributed by atoms with Gasteiger partial charge in [0.15, 0.2) is 0 Å². The predicted molar refractivity (Wildman–Crippen MR) is 60.7 cm³/mol. The number of allylic oxidation sites excluding steroid dienone is 1. The molecule has 0 radical (unpaired) electrons. The van der Waals surface area contributed by atoms with E-state index in [4.69, 9.17) is 4.74 Å². The first kappa shape index (κ1) is 12.2. The maximum atomic E-state index is 11.4. The highest BCUT2D eigenvalue weighted by Gasteiger charge is 2.07. The van der Waals surface area contributed by atoms with Crippen LogP contribution in [0.15, 0.2) is 11.6 Å². The lowest BCUT2D eigenvalue weighted by Crippen LogP contribution is -2.19. The van der Waals surface area contributed by atoms with E-state index in [9.17, 15) is 4.79 Å². The zero-order valence-corrected chi connectivity index (χ0v) is 9.79. The summed E-state index contributed by atoms with van der Waals surface area (Å²) < 4.78 is 5.10. The summed E-state index contributed by atoms with van der Waals surface area (Å²) in [6.07, 6.45) is 7.57. The lowest BCUT2D eigenvalue weighted by Gasteiger charge is -2.13. The van der Waals surface area contributed by atoms with Crippen molar-refractivity contribution in [2.75, 3.05) is 27.2 Å². The fraction of sp³-hybridized carbons (Fsp3) is 0.750. The van der Waals surface area contributed by atoms with Crippen LogP contribution >= 0.6 is 0 Å². The normalized spacial score (nSPS) is 16.6. The van der Waals surface area contributed by atoms with Gasteiger partial charge in [-0.3, -0.25) is 0 Å². The molecule has 0 aliphatic heterocycles. The fourth-order valence-corrected chi connectivity index (χ4v) is 1.69. The fourth-order valence-electron chi connectivity index (χ4n) is 1.69. The maximum Gasteiger partial charge on any atom is 0.330 e. The molecule has 0 heterocycles. The van der Waals surface area contributed by atoms with E-state index in [0.29, 0.717) is 6.61 Å². The van der Waals surface area contributed by atoms with Crippen molar-refractivity contribution in [2.45, 2.75) is 32.1 Å². The first-order valence-electron chi connectivity index (χ1n) is 5.69. The van der Waals surface area contributed by atoms with E-state index >= 15 is 0 Å². The molecule has 86 valence electrons. The van der Waals surface area contributed by atoms with Gasteiger partial charge in [-0.2, -0.15) is 0 Å². The highest BCUT2D eigenvalue weighted by molar-refractivity contribution is 5.82. The van der Waals surface area contributed by atoms with Gasteiger partial charge in [0.2, 0.25) is 0 Å². The molecule has 3 nitrogen and oxygen atoms in total. The number of esters is 1. The number of rotatable bonds is 4. The number of likely N-dealkylation sites (N-methyl/N-ethyl adjacent to an activating group) is 1. The molecule has 15 heavy (non-hydrogen) atoms. The smallest absolute Gasteiger partial charge is 0.330 e. The third-order valence-corrected chi connectivity index (χ3v) is 2.60. The number of hydrogen-bond acceptors (Lipinski definition) is 3. The maximum absolute atomic E-state index is 11.4. The Balaban J connectivity index is 2.21. The quantitative estimate of drug-likeness (QED) is 0.526. The monoisotopic (exact) mass is 211 g/mol. The lowest BCUT2D eigenvalue weighted by molar-refractivity contribution is -0.138. The molecule has 0 unspecified atom stereocenters. The van der Waals surface area contributed by atoms with Gasteiger partial charge in [-0.25, -0.2) is 4.79 Å². The van der Waals surface area contributed by atoms with Crippen LogP contribution in [0.25, 0.3) is 0 Å². The average molecular weight is 211 g/mol. The van der Waals surface area contributed by atoms with Crippen LogP contribution in [-0.4, -0.2) is 38.1 Å². The molecule has 0 amide bonds. The van der Waals surface area contributed by atoms with E-state index in [-0.39, 0.29) is 5.97 Å². The van der Waals surface area contributed by atoms with Gasteiger partial charge in [-0.05, 0) is 39.8 Å². The molecule has 0 aromatic heterocycles. The number of hydrogen-bond donors (Lipinski definition) is 0. The van der Waals surface area contributed by atoms with Crippen molar-refractivity contribution >= 4 is 5.97 Å². The van der Waals surface area contributed by atoms with Crippen LogP contribution in [0.2, 0.25) is 0 Å². The lowest BCUT2D eigenvalue weighted by atomic mass is 9.95. The van der Waals surface area contributed by atoms with Crippen molar-refractivity contribution < 1.29 is 9.53 Å². The van der Waals surface area contributed by atoms with Crippen LogP contribution in [0.3, 0.4) is 0 Å². The summed E-state index contributed by atoms with van der Waals surface area (Å²) in [4.78, 5) is 13.4. The third kappa shape index (κ3) is 5.57. The summed E-state index contributed by atoms with van der Waals surface area (Å²) in [5, 5.41) is 0. The van der Waals surface area contributed by atoms with E-state index in [2.05, 4.69) is 0 Å². The standard InChI is InChI=1S/C12H21NO2/c1-13(2)8-9-15-12(14)10-11-6-4-3-5-7-11/h10H,3-9H2,1-2H3. The van der Waals surface area contributed by atoms with Gasteiger partial charge < -0.3 is 9.64 Å². The van der Waals surface area contributed by atoms with Gasteiger partial charge in [0, 0.05) is 12.6 Å². The van der Waals surface area contributed by atoms with Crippen molar-refractivity contribution in [1.29, 1.82) is 0 Å². The Hall–Kier alpha value is -0.830. The highest BCUT2D eigenvalue weighted by Crippen LogP contribution is 2.22. The first-order valence-corrected chi connectivity index (χ1v) is 5.69. The summed E-state index contributed by atoms with van der Waals surface area (Å²) in [6.45, 7) is 1.27. The Morgan fingerprint density at radius 2 is 2.00 bits per heavy atom. The van der Waals surface area contributed by atoms with Crippen molar-refractivity contribution in [2.24, 2.45) is 0 Å². The molecular formula is C12H21NO2. The van der Waals surface area contributed by atoms with Gasteiger partial charge in [-0.15, -0.1) is 0 Å². The molecule has 0 N–H and O–H groups in total. The van der Waals surface area contributed by atoms with Crippen molar-refractivity contribution in [1.82, 2.24) is 4.90 Å². The number of carbonyl (C=O) groups is 1. The van der Waals surface area contributed by atoms with Crippen LogP contribution in [0.1, 0.15) is 32.1 Å². The molecule has 1 saturated carbocycles. The van der Waals surface area contributed by atoms with E-state index in [1.165, 1.54) is 24.8 Å². The van der Waals surface area contributed by atoms with Crippen LogP contribution in [0, 0.1) is 0 Å². The molecule has 0 saturated heterocycles. The Labute approximate surface area is 92.1 Å². The molecule has 0 aromatic carbocycles. The minimum atomic E-state index is -0.172. The summed E-state index contributed by atoms with van der Waals surface area (Å²) in [7, 11) is 3.93. The minimum Gasteiger partial charge on any atom is -0.461 e. The van der Waals surface area contributed by atoms with Gasteiger partial charge in [0.05, 0.1) is 0 Å². The molecule has 1 rings (SSSR count). The second-order valence-electron chi connectivity index (χ2n) is 4.33. The Bertz CT molecular complexity index is 226. The number of ether oxygens (including phenoxy) is 1. The molecule has 0 atom stereocenters. The predicted octanol–water partition coefficient (Wildman–Crippen LogP) is 1.98. The highest BCUT2D eigenvalue weighted by atomic mass is 16.5. The molecular weight excluding hydrogens is 190 g/mol. The molecule has 1 aliphatic rings. The molecule has 0 aromatic rings. The minimum absolute atomic E-state index is 0.172. The second-order valence-corrected chi connectivity index (χ2v) is 4.33. The Kier molecular flexibility index (Phi) is 5.40. The Morgan fingerprint density at radius 1 is 1.33 bits per heavy atom. The molecule has 0 bridgehead atoms. The van der Waals surface area contributed by atoms with Crippen LogP contribution in [0.5, 0.6) is 0 Å².